The zero-order chi connectivity index (χ0) is 61.3. The lowest BCUT2D eigenvalue weighted by Crippen LogP contribution is -2.47. The number of carbonyl (C=O) groups excluding carboxylic acids is 4. The molecule has 0 radical (unpaired) electrons. The largest absolute Gasteiger partial charge is 0.494 e. The maximum atomic E-state index is 13.9. The molecule has 1 atom stereocenters. The average Bonchev–Trinajstić information content (AvgIpc) is 2.53. The van der Waals surface area contributed by atoms with Crippen LogP contribution in [0.25, 0.3) is 0 Å². The number of carbonyl (C=O) groups is 4. The first kappa shape index (κ1) is 67.4. The van der Waals surface area contributed by atoms with E-state index in [0.717, 1.165) is 68.7 Å². The first-order chi connectivity index (χ1) is 41.8. The number of amides is 5. The maximum Gasteiger partial charge on any atom is 0.388 e. The quantitative estimate of drug-likeness (QED) is 0.0113. The summed E-state index contributed by atoms with van der Waals surface area (Å²) >= 11 is 1.27. The van der Waals surface area contributed by atoms with E-state index in [1.54, 1.807) is 59.0 Å². The van der Waals surface area contributed by atoms with Crippen molar-refractivity contribution in [3.05, 3.63) is 126 Å². The number of hydrogen-bond acceptors (Lipinski definition) is 18. The number of ether oxygens (including phenoxy) is 6. The molecular weight excluding hydrogens is 1130 g/mol. The fraction of sp³-hybridized carbons (Fsp3) is 0.475. The third kappa shape index (κ3) is 25.1. The van der Waals surface area contributed by atoms with Crippen LogP contribution >= 0.6 is 11.3 Å². The van der Waals surface area contributed by atoms with Gasteiger partial charge < -0.3 is 64.5 Å². The molecule has 3 heterocycles. The number of nitrogens with two attached hydrogens (primary N) is 1. The number of aliphatic imine (C=N–C) groups is 1. The van der Waals surface area contributed by atoms with Gasteiger partial charge in [0.2, 0.25) is 23.6 Å². The number of nitrogens with one attached hydrogen (secondary N) is 3. The van der Waals surface area contributed by atoms with Gasteiger partial charge in [0.05, 0.1) is 70.6 Å². The molecule has 1 saturated carbocycles. The van der Waals surface area contributed by atoms with Crippen LogP contribution in [0.5, 0.6) is 17.4 Å². The summed E-state index contributed by atoms with van der Waals surface area (Å²) in [7, 11) is 4.10. The second-order valence-corrected chi connectivity index (χ2v) is 21.2. The smallest absolute Gasteiger partial charge is 0.388 e. The van der Waals surface area contributed by atoms with Crippen LogP contribution in [-0.2, 0) is 41.4 Å². The number of piperazine rings is 1. The number of hydrazone groups is 1. The third-order valence-electron chi connectivity index (χ3n) is 13.7. The minimum Gasteiger partial charge on any atom is -0.494 e. The lowest BCUT2D eigenvalue weighted by atomic mass is 10.0. The molecule has 2 aliphatic rings. The van der Waals surface area contributed by atoms with Crippen LogP contribution in [0.15, 0.2) is 119 Å². The van der Waals surface area contributed by atoms with E-state index in [1.165, 1.54) is 29.7 Å². The second kappa shape index (κ2) is 37.7. The summed E-state index contributed by atoms with van der Waals surface area (Å²) < 4.78 is 59.0. The Hall–Kier alpha value is -7.68. The minimum atomic E-state index is -3.05. The number of urea groups is 1. The van der Waals surface area contributed by atoms with E-state index in [1.807, 2.05) is 36.2 Å². The number of pyridine rings is 1. The number of alkyl halides is 2. The highest BCUT2D eigenvalue weighted by molar-refractivity contribution is 7.14. The van der Waals surface area contributed by atoms with E-state index in [9.17, 15) is 28.0 Å². The SMILES string of the molecule is C=C/C=C(\C=C)CNC(=O)C(c1ccc(OC(F)F)nc1)N(C(=O)CCc1ccc(OCCCCN(C)CCOCCOCC/C(C=NCCOCCOc2ccc(NC(=O)Nc3nc(CC(=O)N4CCN(C)CC4)cs3)cc2)=N/N)cc1)C1CC1. The fourth-order valence-corrected chi connectivity index (χ4v) is 9.48. The Morgan fingerprint density at radius 1 is 0.849 bits per heavy atom. The molecule has 1 unspecified atom stereocenters. The van der Waals surface area contributed by atoms with E-state index >= 15 is 0 Å². The minimum absolute atomic E-state index is 0.0376. The van der Waals surface area contributed by atoms with Crippen molar-refractivity contribution in [3.63, 3.8) is 0 Å². The number of halogens is 2. The molecule has 1 aliphatic carbocycles. The van der Waals surface area contributed by atoms with E-state index < -0.39 is 24.6 Å². The first-order valence-corrected chi connectivity index (χ1v) is 29.7. The van der Waals surface area contributed by atoms with E-state index in [0.29, 0.717) is 119 Å². The predicted molar refractivity (Wildman–Crippen MR) is 328 cm³/mol. The molecule has 22 nitrogen and oxygen atoms in total. The monoisotopic (exact) mass is 1210 g/mol. The molecular formula is C61H82F2N12O10S. The number of likely N-dealkylation sites (N-methyl/N-ethyl adjacent to an activating group) is 2. The number of benzene rings is 2. The number of unbranched alkanes of at least 4 members (excludes halogenated alkanes) is 1. The number of aromatic nitrogens is 2. The molecule has 1 aliphatic heterocycles. The van der Waals surface area contributed by atoms with Crippen LogP contribution in [0.2, 0.25) is 0 Å². The number of anilines is 2. The summed E-state index contributed by atoms with van der Waals surface area (Å²) in [5.74, 6) is 6.03. The number of hydrogen-bond donors (Lipinski definition) is 4. The molecule has 1 saturated heterocycles. The molecule has 466 valence electrons. The number of allylic oxidation sites excluding steroid dienone is 2. The Morgan fingerprint density at radius 3 is 2.24 bits per heavy atom. The van der Waals surface area contributed by atoms with Crippen molar-refractivity contribution in [2.75, 3.05) is 130 Å². The van der Waals surface area contributed by atoms with Gasteiger partial charge >= 0.3 is 12.6 Å². The number of nitrogens with zero attached hydrogens (tertiary/aromatic N) is 8. The summed E-state index contributed by atoms with van der Waals surface area (Å²) in [4.78, 5) is 73.5. The maximum absolute atomic E-state index is 13.9. The van der Waals surface area contributed by atoms with E-state index in [4.69, 9.17) is 29.5 Å². The Bertz CT molecular complexity index is 2810. The van der Waals surface area contributed by atoms with E-state index in [2.05, 4.69) is 70.8 Å². The number of aryl methyl sites for hydroxylation is 1. The van der Waals surface area contributed by atoms with E-state index in [-0.39, 0.29) is 43.1 Å². The number of rotatable bonds is 40. The third-order valence-corrected chi connectivity index (χ3v) is 14.5. The van der Waals surface area contributed by atoms with Crippen molar-refractivity contribution in [2.24, 2.45) is 15.9 Å². The van der Waals surface area contributed by atoms with Gasteiger partial charge in [-0.15, -0.1) is 11.3 Å². The Kier molecular flexibility index (Phi) is 29.6. The molecule has 6 rings (SSSR count). The molecule has 5 amide bonds. The lowest BCUT2D eigenvalue weighted by Gasteiger charge is -2.32. The van der Waals surface area contributed by atoms with Crippen molar-refractivity contribution in [1.82, 2.24) is 34.9 Å². The Balaban J connectivity index is 0.744. The molecule has 0 bridgehead atoms. The van der Waals surface area contributed by atoms with Crippen LogP contribution in [0, 0.1) is 0 Å². The molecule has 4 aromatic rings. The Labute approximate surface area is 506 Å². The molecule has 2 aromatic heterocycles. The van der Waals surface area contributed by atoms with Crippen LogP contribution in [-0.4, -0.2) is 197 Å². The van der Waals surface area contributed by atoms with Crippen LogP contribution < -0.4 is 36.0 Å². The summed E-state index contributed by atoms with van der Waals surface area (Å²) in [6.07, 6.45) is 12.4. The molecule has 5 N–H and O–H groups in total. The average molecular weight is 1210 g/mol. The first-order valence-electron chi connectivity index (χ1n) is 28.9. The highest BCUT2D eigenvalue weighted by Gasteiger charge is 2.41. The summed E-state index contributed by atoms with van der Waals surface area (Å²) in [5, 5.41) is 14.4. The molecule has 0 spiro atoms. The highest BCUT2D eigenvalue weighted by Crippen LogP contribution is 2.36. The zero-order valence-electron chi connectivity index (χ0n) is 49.3. The van der Waals surface area contributed by atoms with Crippen molar-refractivity contribution >= 4 is 57.8 Å². The van der Waals surface area contributed by atoms with Gasteiger partial charge in [0, 0.05) is 93.3 Å². The van der Waals surface area contributed by atoms with Gasteiger partial charge in [-0.25, -0.2) is 14.8 Å². The van der Waals surface area contributed by atoms with Gasteiger partial charge in [0.25, 0.3) is 0 Å². The fourth-order valence-electron chi connectivity index (χ4n) is 8.77. The van der Waals surface area contributed by atoms with Gasteiger partial charge in [-0.3, -0.25) is 24.7 Å². The van der Waals surface area contributed by atoms with Crippen LogP contribution in [0.3, 0.4) is 0 Å². The van der Waals surface area contributed by atoms with Crippen molar-refractivity contribution in [3.8, 4) is 17.4 Å². The van der Waals surface area contributed by atoms with Crippen LogP contribution in [0.1, 0.15) is 61.4 Å². The molecule has 2 aromatic carbocycles. The van der Waals surface area contributed by atoms with Crippen molar-refractivity contribution < 1.29 is 56.4 Å². The molecule has 25 heteroatoms. The van der Waals surface area contributed by atoms with Crippen molar-refractivity contribution in [2.45, 2.75) is 70.1 Å². The summed E-state index contributed by atoms with van der Waals surface area (Å²) in [6, 6.07) is 15.7. The van der Waals surface area contributed by atoms with Gasteiger partial charge in [-0.1, -0.05) is 43.5 Å². The topological polar surface area (TPSA) is 249 Å². The van der Waals surface area contributed by atoms with Gasteiger partial charge in [0.15, 0.2) is 5.13 Å². The normalized spacial score (nSPS) is 14.3. The van der Waals surface area contributed by atoms with Gasteiger partial charge in [-0.2, -0.15) is 13.9 Å². The lowest BCUT2D eigenvalue weighted by molar-refractivity contribution is -0.141. The second-order valence-electron chi connectivity index (χ2n) is 20.3. The molecule has 86 heavy (non-hydrogen) atoms. The Morgan fingerprint density at radius 2 is 1.56 bits per heavy atom. The molecule has 2 fully saturated rings. The number of thiazole rings is 1. The highest BCUT2D eigenvalue weighted by atomic mass is 32.1. The van der Waals surface area contributed by atoms with Gasteiger partial charge in [-0.05, 0) is 106 Å². The predicted octanol–water partition coefficient (Wildman–Crippen LogP) is 7.17. The standard InChI is InChI=1S/C61H82F2N12O10S/c1-5-9-45(6-2)41-67-58(78)57(47-13-22-54(66-42-47)85-59(62)63)75(51-16-17-51)55(76)23-12-46-10-18-52(19-11-46)83-32-8-7-26-72(3)31-35-82-37-36-80-33-24-49(71-64)43-65-25-34-81-38-39-84-53-20-14-48(15-21-53)68-60(79)70-61-69-50(44-86-61)40-56(77)74-29-27-73(4)28-30-74/h5-6,9-11,13-15,18-22,42-44,51,57,59H,1-2,7-8,12,16-17,23-41,64H2,3-4H3,(H,67,78)(H2,68,69,70,79)/b45-9+,65-43?,71-49-. The van der Waals surface area contributed by atoms with Gasteiger partial charge in [0.1, 0.15) is 24.1 Å². The zero-order valence-corrected chi connectivity index (χ0v) is 50.1. The summed E-state index contributed by atoms with van der Waals surface area (Å²) in [5.41, 5.74) is 3.85. The summed E-state index contributed by atoms with van der Waals surface area (Å²) in [6.45, 7) is 13.3. The van der Waals surface area contributed by atoms with Crippen LogP contribution in [0.4, 0.5) is 24.4 Å². The van der Waals surface area contributed by atoms with Crippen molar-refractivity contribution in [1.29, 1.82) is 0 Å².